The normalized spacial score (nSPS) is 34.0. The van der Waals surface area contributed by atoms with Crippen LogP contribution in [0.4, 0.5) is 13.2 Å². The van der Waals surface area contributed by atoms with Gasteiger partial charge in [-0.3, -0.25) is 0 Å². The molecular weight excluding hydrogens is 409 g/mol. The smallest absolute Gasteiger partial charge is 0.228 e. The van der Waals surface area contributed by atoms with Crippen molar-refractivity contribution in [1.29, 1.82) is 0 Å². The molecule has 32 heavy (non-hydrogen) atoms. The number of hydrogen-bond donors (Lipinski definition) is 0. The second-order valence-corrected chi connectivity index (χ2v) is 10.6. The molecule has 0 spiro atoms. The quantitative estimate of drug-likeness (QED) is 0.395. The summed E-state index contributed by atoms with van der Waals surface area (Å²) in [6.07, 6.45) is 20.0. The van der Waals surface area contributed by atoms with Gasteiger partial charge >= 0.3 is 0 Å². The first-order valence-corrected chi connectivity index (χ1v) is 12.9. The van der Waals surface area contributed by atoms with E-state index in [1.165, 1.54) is 63.5 Å². The van der Waals surface area contributed by atoms with Crippen molar-refractivity contribution < 1.29 is 17.9 Å². The van der Waals surface area contributed by atoms with E-state index in [1.807, 2.05) is 0 Å². The summed E-state index contributed by atoms with van der Waals surface area (Å²) in [6, 6.07) is 2.69. The van der Waals surface area contributed by atoms with Gasteiger partial charge in [0.15, 0.2) is 17.4 Å². The van der Waals surface area contributed by atoms with Crippen molar-refractivity contribution in [2.45, 2.75) is 89.9 Å². The molecule has 0 heterocycles. The topological polar surface area (TPSA) is 9.23 Å². The lowest BCUT2D eigenvalue weighted by molar-refractivity contribution is 0.114. The summed E-state index contributed by atoms with van der Waals surface area (Å²) in [4.78, 5) is 0. The fourth-order valence-electron chi connectivity index (χ4n) is 7.10. The lowest BCUT2D eigenvalue weighted by atomic mass is 9.64. The highest BCUT2D eigenvalue weighted by atomic mass is 19.1. The van der Waals surface area contributed by atoms with Crippen LogP contribution in [0, 0.1) is 41.2 Å². The number of halogens is 3. The Morgan fingerprint density at radius 3 is 1.62 bits per heavy atom. The van der Waals surface area contributed by atoms with Crippen LogP contribution in [-0.2, 0) is 0 Å². The van der Waals surface area contributed by atoms with Gasteiger partial charge in [0.2, 0.25) is 6.86 Å². The Morgan fingerprint density at radius 1 is 0.750 bits per heavy atom. The van der Waals surface area contributed by atoms with Crippen molar-refractivity contribution >= 4 is 0 Å². The van der Waals surface area contributed by atoms with Gasteiger partial charge in [-0.2, -0.15) is 0 Å². The van der Waals surface area contributed by atoms with Gasteiger partial charge in [0, 0.05) is 0 Å². The minimum Gasteiger partial charge on any atom is -0.457 e. The molecule has 1 aromatic rings. The van der Waals surface area contributed by atoms with Gasteiger partial charge < -0.3 is 4.74 Å². The van der Waals surface area contributed by atoms with Gasteiger partial charge in [-0.25, -0.2) is 13.2 Å². The molecule has 3 aliphatic rings. The van der Waals surface area contributed by atoms with Crippen LogP contribution in [0.1, 0.15) is 95.5 Å². The monoisotopic (exact) mass is 448 g/mol. The first-order valence-electron chi connectivity index (χ1n) is 12.9. The molecule has 4 rings (SSSR count). The molecule has 0 saturated heterocycles. The highest BCUT2D eigenvalue weighted by molar-refractivity contribution is 5.33. The number of rotatable bonds is 6. The number of alkyl halides is 1. The van der Waals surface area contributed by atoms with Gasteiger partial charge in [-0.05, 0) is 137 Å². The molecule has 0 aliphatic heterocycles. The molecule has 0 bridgehead atoms. The Kier molecular flexibility index (Phi) is 8.23. The van der Waals surface area contributed by atoms with Gasteiger partial charge in [0.1, 0.15) is 0 Å². The van der Waals surface area contributed by atoms with E-state index in [-0.39, 0.29) is 5.92 Å². The number of hydrogen-bond acceptors (Lipinski definition) is 1. The summed E-state index contributed by atoms with van der Waals surface area (Å²) in [5.74, 6) is 2.30. The lowest BCUT2D eigenvalue weighted by Crippen LogP contribution is -2.29. The predicted molar refractivity (Wildman–Crippen MR) is 123 cm³/mol. The van der Waals surface area contributed by atoms with Crippen LogP contribution in [0.2, 0.25) is 0 Å². The summed E-state index contributed by atoms with van der Waals surface area (Å²) in [5, 5.41) is 0. The highest BCUT2D eigenvalue weighted by Crippen LogP contribution is 2.47. The molecule has 3 fully saturated rings. The first kappa shape index (κ1) is 23.7. The van der Waals surface area contributed by atoms with Crippen LogP contribution in [0.3, 0.4) is 0 Å². The maximum Gasteiger partial charge on any atom is 0.228 e. The average Bonchev–Trinajstić information content (AvgIpc) is 2.82. The van der Waals surface area contributed by atoms with E-state index in [1.54, 1.807) is 0 Å². The molecule has 0 unspecified atom stereocenters. The Bertz CT molecular complexity index is 729. The number of ether oxygens (including phenoxy) is 1. The van der Waals surface area contributed by atoms with Gasteiger partial charge in [0.05, 0.1) is 0 Å². The summed E-state index contributed by atoms with van der Waals surface area (Å²) < 4.78 is 45.1. The zero-order valence-corrected chi connectivity index (χ0v) is 19.5. The fourth-order valence-corrected chi connectivity index (χ4v) is 7.10. The zero-order valence-electron chi connectivity index (χ0n) is 19.5. The fraction of sp³-hybridized carbons (Fsp3) is 0.714. The van der Waals surface area contributed by atoms with Gasteiger partial charge in [-0.1, -0.05) is 12.2 Å². The van der Waals surface area contributed by atoms with Crippen molar-refractivity contribution in [1.82, 2.24) is 0 Å². The van der Waals surface area contributed by atoms with Crippen LogP contribution in [0.25, 0.3) is 0 Å². The average molecular weight is 449 g/mol. The van der Waals surface area contributed by atoms with Crippen LogP contribution < -0.4 is 4.74 Å². The molecule has 0 N–H and O–H groups in total. The van der Waals surface area contributed by atoms with E-state index in [0.717, 1.165) is 55.3 Å². The summed E-state index contributed by atoms with van der Waals surface area (Å²) in [6.45, 7) is 0.912. The third-order valence-corrected chi connectivity index (χ3v) is 8.89. The maximum atomic E-state index is 14.1. The van der Waals surface area contributed by atoms with Crippen molar-refractivity contribution in [2.75, 3.05) is 6.86 Å². The Balaban J connectivity index is 1.24. The highest BCUT2D eigenvalue weighted by Gasteiger charge is 2.35. The van der Waals surface area contributed by atoms with Crippen LogP contribution in [0.15, 0.2) is 24.3 Å². The van der Waals surface area contributed by atoms with Gasteiger partial charge in [-0.15, -0.1) is 0 Å². The second-order valence-electron chi connectivity index (χ2n) is 10.6. The van der Waals surface area contributed by atoms with Crippen molar-refractivity contribution in [3.63, 3.8) is 0 Å². The molecule has 1 nitrogen and oxygen atoms in total. The third-order valence-electron chi connectivity index (χ3n) is 8.89. The Morgan fingerprint density at radius 2 is 1.19 bits per heavy atom. The van der Waals surface area contributed by atoms with E-state index in [9.17, 15) is 13.2 Å². The molecular formula is C28H39F3O. The molecule has 0 atom stereocenters. The molecule has 0 aromatic heterocycles. The minimum atomic E-state index is -1.22. The predicted octanol–water partition coefficient (Wildman–Crippen LogP) is 8.73. The summed E-state index contributed by atoms with van der Waals surface area (Å²) in [7, 11) is 0. The molecule has 1 aromatic carbocycles. The van der Waals surface area contributed by atoms with E-state index < -0.39 is 24.2 Å². The standard InChI is InChI=1S/C28H39F3O/c1-2-3-19-4-6-20(7-5-19)21-8-10-22(11-9-21)23-12-14-24(15-13-23)25-16-26(30)28(32-18-29)27(31)17-25/h2-3,16-17,19-24H,4-15,18H2,1H3/b3-2+. The number of benzene rings is 1. The Hall–Kier alpha value is -1.45. The van der Waals surface area contributed by atoms with Crippen LogP contribution in [-0.4, -0.2) is 6.86 Å². The van der Waals surface area contributed by atoms with E-state index in [2.05, 4.69) is 23.8 Å². The zero-order chi connectivity index (χ0) is 22.5. The molecule has 3 saturated carbocycles. The second kappa shape index (κ2) is 11.1. The van der Waals surface area contributed by atoms with Crippen LogP contribution in [0.5, 0.6) is 5.75 Å². The van der Waals surface area contributed by atoms with E-state index in [4.69, 9.17) is 0 Å². The maximum absolute atomic E-state index is 14.1. The molecule has 4 heteroatoms. The van der Waals surface area contributed by atoms with Crippen molar-refractivity contribution in [3.8, 4) is 5.75 Å². The largest absolute Gasteiger partial charge is 0.457 e. The summed E-state index contributed by atoms with van der Waals surface area (Å²) in [5.41, 5.74) is 0.696. The SMILES string of the molecule is C/C=C/C1CCC(C2CCC(C3CCC(c4cc(F)c(OCF)c(F)c4)CC3)CC2)CC1. The number of allylic oxidation sites excluding steroid dienone is 2. The molecule has 3 aliphatic carbocycles. The van der Waals surface area contributed by atoms with E-state index >= 15 is 0 Å². The molecule has 178 valence electrons. The molecule has 0 radical (unpaired) electrons. The molecule has 0 amide bonds. The Labute approximate surface area is 191 Å². The van der Waals surface area contributed by atoms with Crippen LogP contribution >= 0.6 is 0 Å². The van der Waals surface area contributed by atoms with E-state index in [0.29, 0.717) is 5.56 Å². The van der Waals surface area contributed by atoms with Crippen molar-refractivity contribution in [3.05, 3.63) is 41.5 Å². The van der Waals surface area contributed by atoms with Gasteiger partial charge in [0.25, 0.3) is 0 Å². The first-order chi connectivity index (χ1) is 15.6. The third kappa shape index (κ3) is 5.54. The lowest BCUT2D eigenvalue weighted by Gasteiger charge is -2.41. The minimum absolute atomic E-state index is 0.193. The summed E-state index contributed by atoms with van der Waals surface area (Å²) >= 11 is 0. The van der Waals surface area contributed by atoms with Crippen molar-refractivity contribution in [2.24, 2.45) is 29.6 Å².